The molecule has 0 heterocycles. The van der Waals surface area contributed by atoms with Crippen molar-refractivity contribution in [2.45, 2.75) is 32.1 Å². The number of fused-ring (bicyclic) bond motifs is 5. The third-order valence-electron chi connectivity index (χ3n) is 5.28. The average molecular weight is 280 g/mol. The molecule has 1 N–H and O–H groups in total. The molecule has 2 aliphatic carbocycles. The van der Waals surface area contributed by atoms with Crippen molar-refractivity contribution in [1.29, 1.82) is 0 Å². The summed E-state index contributed by atoms with van der Waals surface area (Å²) in [7, 11) is 0. The number of ketones is 2. The quantitative estimate of drug-likeness (QED) is 0.802. The second-order valence-corrected chi connectivity index (χ2v) is 6.47. The number of hydrogen-bond acceptors (Lipinski definition) is 3. The molecule has 0 amide bonds. The Balaban J connectivity index is 2.02. The molecule has 4 rings (SSSR count). The molecular formula is C18H16O3. The summed E-state index contributed by atoms with van der Waals surface area (Å²) in [5.74, 6) is 0.620. The van der Waals surface area contributed by atoms with Crippen molar-refractivity contribution in [3.63, 3.8) is 0 Å². The summed E-state index contributed by atoms with van der Waals surface area (Å²) in [6.07, 6.45) is 1.71. The zero-order valence-electron chi connectivity index (χ0n) is 11.8. The normalized spacial score (nSPS) is 27.8. The van der Waals surface area contributed by atoms with Crippen molar-refractivity contribution in [3.8, 4) is 5.75 Å². The first-order valence-corrected chi connectivity index (χ1v) is 7.33. The summed E-state index contributed by atoms with van der Waals surface area (Å²) in [6, 6.07) is 9.01. The summed E-state index contributed by atoms with van der Waals surface area (Å²) in [5.41, 5.74) is 1.25. The average Bonchev–Trinajstić information content (AvgIpc) is 2.74. The van der Waals surface area contributed by atoms with Gasteiger partial charge in [0.2, 0.25) is 0 Å². The largest absolute Gasteiger partial charge is 0.508 e. The molecular weight excluding hydrogens is 264 g/mol. The number of Topliss-reactive ketones (excluding diaryl/α,β-unsaturated/α-hetero) is 2. The highest BCUT2D eigenvalue weighted by atomic mass is 16.3. The van der Waals surface area contributed by atoms with Gasteiger partial charge in [0.1, 0.15) is 11.5 Å². The van der Waals surface area contributed by atoms with Crippen molar-refractivity contribution in [3.05, 3.63) is 41.5 Å². The van der Waals surface area contributed by atoms with Gasteiger partial charge in [-0.15, -0.1) is 0 Å². The van der Waals surface area contributed by atoms with Gasteiger partial charge in [-0.2, -0.15) is 0 Å². The lowest BCUT2D eigenvalue weighted by Crippen LogP contribution is -2.35. The van der Waals surface area contributed by atoms with Gasteiger partial charge >= 0.3 is 0 Å². The van der Waals surface area contributed by atoms with Gasteiger partial charge in [-0.05, 0) is 46.9 Å². The third kappa shape index (κ3) is 1.54. The molecule has 3 nitrogen and oxygen atoms in total. The van der Waals surface area contributed by atoms with Gasteiger partial charge in [0.25, 0.3) is 0 Å². The molecule has 0 unspecified atom stereocenters. The maximum Gasteiger partial charge on any atom is 0.164 e. The lowest BCUT2D eigenvalue weighted by Gasteiger charge is -2.36. The van der Waals surface area contributed by atoms with Crippen LogP contribution < -0.4 is 0 Å². The number of carbonyl (C=O) groups is 2. The first-order valence-electron chi connectivity index (χ1n) is 7.33. The fourth-order valence-electron chi connectivity index (χ4n) is 4.15. The maximum absolute atomic E-state index is 12.7. The summed E-state index contributed by atoms with van der Waals surface area (Å²) >= 11 is 0. The molecule has 2 aliphatic rings. The molecule has 0 bridgehead atoms. The minimum atomic E-state index is -0.519. The molecule has 106 valence electrons. The predicted molar refractivity (Wildman–Crippen MR) is 79.6 cm³/mol. The lowest BCUT2D eigenvalue weighted by atomic mass is 9.65. The standard InChI is InChI=1S/C18H16O3/c1-18-9-15(20)17-12-5-3-11(19)8-10(12)2-4-13(17)14(18)6-7-16(18)21/h2-5,8,14,19H,6-7,9H2,1H3/t14-,18-/m0/s1. The summed E-state index contributed by atoms with van der Waals surface area (Å²) < 4.78 is 0. The first-order chi connectivity index (χ1) is 10.0. The van der Waals surface area contributed by atoms with Gasteiger partial charge < -0.3 is 5.11 Å². The van der Waals surface area contributed by atoms with Crippen LogP contribution in [0.2, 0.25) is 0 Å². The Kier molecular flexibility index (Phi) is 2.36. The van der Waals surface area contributed by atoms with E-state index in [0.717, 1.165) is 28.3 Å². The topological polar surface area (TPSA) is 54.4 Å². The van der Waals surface area contributed by atoms with Crippen molar-refractivity contribution in [2.24, 2.45) is 5.41 Å². The Morgan fingerprint density at radius 2 is 2.00 bits per heavy atom. The highest BCUT2D eigenvalue weighted by Gasteiger charge is 2.51. The monoisotopic (exact) mass is 280 g/mol. The third-order valence-corrected chi connectivity index (χ3v) is 5.28. The molecule has 1 fully saturated rings. The number of benzene rings is 2. The van der Waals surface area contributed by atoms with E-state index in [-0.39, 0.29) is 23.2 Å². The predicted octanol–water partition coefficient (Wildman–Crippen LogP) is 3.58. The van der Waals surface area contributed by atoms with E-state index in [9.17, 15) is 14.7 Å². The molecule has 21 heavy (non-hydrogen) atoms. The number of carbonyl (C=O) groups excluding carboxylic acids is 2. The van der Waals surface area contributed by atoms with E-state index in [4.69, 9.17) is 0 Å². The SMILES string of the molecule is C[C@]12CC(=O)c3c(ccc4cc(O)ccc34)[C@@H]1CCC2=O. The Labute approximate surface area is 122 Å². The maximum atomic E-state index is 12.7. The van der Waals surface area contributed by atoms with Crippen LogP contribution in [-0.4, -0.2) is 16.7 Å². The molecule has 1 saturated carbocycles. The fraction of sp³-hybridized carbons (Fsp3) is 0.333. The second-order valence-electron chi connectivity index (χ2n) is 6.47. The zero-order chi connectivity index (χ0) is 14.8. The lowest BCUT2D eigenvalue weighted by molar-refractivity contribution is -0.125. The Morgan fingerprint density at radius 3 is 2.81 bits per heavy atom. The van der Waals surface area contributed by atoms with Gasteiger partial charge in [-0.1, -0.05) is 19.1 Å². The van der Waals surface area contributed by atoms with Crippen molar-refractivity contribution in [1.82, 2.24) is 0 Å². The van der Waals surface area contributed by atoms with Gasteiger partial charge in [-0.3, -0.25) is 9.59 Å². The highest BCUT2D eigenvalue weighted by molar-refractivity contribution is 6.13. The van der Waals surface area contributed by atoms with E-state index < -0.39 is 5.41 Å². The number of rotatable bonds is 0. The van der Waals surface area contributed by atoms with Crippen LogP contribution in [0.4, 0.5) is 0 Å². The summed E-state index contributed by atoms with van der Waals surface area (Å²) in [5, 5.41) is 11.4. The van der Waals surface area contributed by atoms with Crippen LogP contribution in [0.25, 0.3) is 10.8 Å². The number of aromatic hydroxyl groups is 1. The van der Waals surface area contributed by atoms with Crippen molar-refractivity contribution in [2.75, 3.05) is 0 Å². The molecule has 2 atom stereocenters. The fourth-order valence-corrected chi connectivity index (χ4v) is 4.15. The van der Waals surface area contributed by atoms with E-state index in [1.807, 2.05) is 19.1 Å². The molecule has 0 aliphatic heterocycles. The molecule has 0 saturated heterocycles. The Morgan fingerprint density at radius 1 is 1.19 bits per heavy atom. The highest BCUT2D eigenvalue weighted by Crippen LogP contribution is 2.54. The van der Waals surface area contributed by atoms with Gasteiger partial charge in [-0.25, -0.2) is 0 Å². The molecule has 3 heteroatoms. The van der Waals surface area contributed by atoms with E-state index >= 15 is 0 Å². The Bertz CT molecular complexity index is 805. The number of hydrogen-bond donors (Lipinski definition) is 1. The van der Waals surface area contributed by atoms with Crippen LogP contribution in [0.3, 0.4) is 0 Å². The van der Waals surface area contributed by atoms with Crippen molar-refractivity contribution < 1.29 is 14.7 Å². The summed E-state index contributed by atoms with van der Waals surface area (Å²) in [6.45, 7) is 1.94. The van der Waals surface area contributed by atoms with Crippen LogP contribution >= 0.6 is 0 Å². The van der Waals surface area contributed by atoms with Crippen LogP contribution in [0.5, 0.6) is 5.75 Å². The van der Waals surface area contributed by atoms with Crippen LogP contribution in [0.15, 0.2) is 30.3 Å². The molecule has 0 aromatic heterocycles. The van der Waals surface area contributed by atoms with Crippen LogP contribution in [-0.2, 0) is 4.79 Å². The van der Waals surface area contributed by atoms with E-state index in [1.165, 1.54) is 0 Å². The second kappa shape index (κ2) is 3.94. The zero-order valence-corrected chi connectivity index (χ0v) is 11.8. The minimum absolute atomic E-state index is 0.0512. The van der Waals surface area contributed by atoms with Gasteiger partial charge in [0.15, 0.2) is 5.78 Å². The van der Waals surface area contributed by atoms with Crippen molar-refractivity contribution >= 4 is 22.3 Å². The first kappa shape index (κ1) is 12.6. The van der Waals surface area contributed by atoms with Crippen LogP contribution in [0.1, 0.15) is 48.0 Å². The van der Waals surface area contributed by atoms with Gasteiger partial charge in [0, 0.05) is 23.8 Å². The molecule has 0 radical (unpaired) electrons. The van der Waals surface area contributed by atoms with E-state index in [2.05, 4.69) is 0 Å². The van der Waals surface area contributed by atoms with Crippen LogP contribution in [0, 0.1) is 5.41 Å². The number of phenolic OH excluding ortho intramolecular Hbond substituents is 1. The molecule has 0 spiro atoms. The Hall–Kier alpha value is -2.16. The van der Waals surface area contributed by atoms with E-state index in [1.54, 1.807) is 18.2 Å². The van der Waals surface area contributed by atoms with Gasteiger partial charge in [0.05, 0.1) is 0 Å². The smallest absolute Gasteiger partial charge is 0.164 e. The molecule has 2 aromatic rings. The number of phenols is 1. The molecule has 2 aromatic carbocycles. The summed E-state index contributed by atoms with van der Waals surface area (Å²) in [4.78, 5) is 24.9. The van der Waals surface area contributed by atoms with E-state index in [0.29, 0.717) is 12.8 Å². The minimum Gasteiger partial charge on any atom is -0.508 e.